The highest BCUT2D eigenvalue weighted by Crippen LogP contribution is 2.18. The van der Waals surface area contributed by atoms with Gasteiger partial charge in [-0.2, -0.15) is 4.31 Å². The summed E-state index contributed by atoms with van der Waals surface area (Å²) in [5.41, 5.74) is 6.05. The molecule has 0 spiro atoms. The van der Waals surface area contributed by atoms with Crippen LogP contribution < -0.4 is 5.73 Å². The van der Waals surface area contributed by atoms with Gasteiger partial charge in [-0.05, 0) is 37.6 Å². The summed E-state index contributed by atoms with van der Waals surface area (Å²) in [5, 5.41) is 0. The summed E-state index contributed by atoms with van der Waals surface area (Å²) < 4.78 is 26.1. The number of nitrogens with two attached hydrogens (primary N) is 1. The maximum absolute atomic E-state index is 12.3. The van der Waals surface area contributed by atoms with Crippen molar-refractivity contribution in [2.75, 3.05) is 13.6 Å². The van der Waals surface area contributed by atoms with Crippen molar-refractivity contribution in [1.29, 1.82) is 0 Å². The average molecular weight is 280 g/mol. The molecule has 0 saturated heterocycles. The summed E-state index contributed by atoms with van der Waals surface area (Å²) in [6.07, 6.45) is 0.774. The smallest absolute Gasteiger partial charge is 0.243 e. The summed E-state index contributed by atoms with van der Waals surface area (Å²) in [7, 11) is -1.82. The molecule has 0 heterocycles. The largest absolute Gasteiger partial charge is 0.320 e. The topological polar surface area (TPSA) is 63.4 Å². The lowest BCUT2D eigenvalue weighted by molar-refractivity contribution is 0.380. The van der Waals surface area contributed by atoms with E-state index >= 15 is 0 Å². The van der Waals surface area contributed by atoms with Gasteiger partial charge in [0.15, 0.2) is 0 Å². The minimum atomic E-state index is -3.43. The zero-order valence-corrected chi connectivity index (χ0v) is 12.4. The zero-order valence-electron chi connectivity index (χ0n) is 11.6. The predicted molar refractivity (Wildman–Crippen MR) is 77.1 cm³/mol. The molecule has 0 aliphatic rings. The van der Waals surface area contributed by atoms with Crippen LogP contribution in [0.5, 0.6) is 0 Å². The Bertz CT molecular complexity index is 568. The number of hydrogen-bond donors (Lipinski definition) is 1. The fraction of sp³-hybridized carbons (Fsp3) is 0.429. The van der Waals surface area contributed by atoms with E-state index in [1.807, 2.05) is 13.8 Å². The van der Waals surface area contributed by atoms with Crippen molar-refractivity contribution in [1.82, 2.24) is 4.31 Å². The molecule has 1 aromatic rings. The molecule has 5 heteroatoms. The van der Waals surface area contributed by atoms with Gasteiger partial charge >= 0.3 is 0 Å². The minimum absolute atomic E-state index is 0.0262. The Morgan fingerprint density at radius 3 is 2.37 bits per heavy atom. The average Bonchev–Trinajstić information content (AvgIpc) is 2.43. The van der Waals surface area contributed by atoms with Crippen LogP contribution in [0.1, 0.15) is 25.8 Å². The Kier molecular flexibility index (Phi) is 5.55. The second-order valence-corrected chi connectivity index (χ2v) is 6.31. The van der Waals surface area contributed by atoms with E-state index < -0.39 is 10.0 Å². The first-order valence-corrected chi connectivity index (χ1v) is 7.64. The number of sulfonamides is 1. The molecule has 1 aromatic carbocycles. The summed E-state index contributed by atoms with van der Waals surface area (Å²) in [6, 6.07) is 6.52. The Morgan fingerprint density at radius 2 is 1.89 bits per heavy atom. The van der Waals surface area contributed by atoms with Gasteiger partial charge in [-0.15, -0.1) is 0 Å². The lowest BCUT2D eigenvalue weighted by Gasteiger charge is -2.23. The standard InChI is InChI=1S/C14H20N2O2S/c1-4-12(2)16(3)19(17,18)14-9-7-13(8-10-14)6-5-11-15/h7-10,12H,4,11,15H2,1-3H3. The van der Waals surface area contributed by atoms with E-state index in [4.69, 9.17) is 5.73 Å². The van der Waals surface area contributed by atoms with Crippen molar-refractivity contribution in [3.05, 3.63) is 29.8 Å². The minimum Gasteiger partial charge on any atom is -0.320 e. The predicted octanol–water partition coefficient (Wildman–Crippen LogP) is 1.42. The van der Waals surface area contributed by atoms with Crippen LogP contribution in [0.25, 0.3) is 0 Å². The molecule has 0 radical (unpaired) electrons. The first-order valence-electron chi connectivity index (χ1n) is 6.20. The van der Waals surface area contributed by atoms with Gasteiger partial charge < -0.3 is 5.73 Å². The molecule has 0 amide bonds. The molecule has 0 aliphatic heterocycles. The van der Waals surface area contributed by atoms with E-state index in [1.165, 1.54) is 4.31 Å². The van der Waals surface area contributed by atoms with E-state index in [-0.39, 0.29) is 17.5 Å². The van der Waals surface area contributed by atoms with Crippen molar-refractivity contribution in [3.8, 4) is 11.8 Å². The van der Waals surface area contributed by atoms with Gasteiger partial charge in [0, 0.05) is 18.7 Å². The Hall–Kier alpha value is -1.35. The van der Waals surface area contributed by atoms with Gasteiger partial charge in [0.1, 0.15) is 0 Å². The highest BCUT2D eigenvalue weighted by molar-refractivity contribution is 7.89. The van der Waals surface area contributed by atoms with Crippen LogP contribution in [0.15, 0.2) is 29.2 Å². The van der Waals surface area contributed by atoms with E-state index in [2.05, 4.69) is 11.8 Å². The highest BCUT2D eigenvalue weighted by atomic mass is 32.2. The van der Waals surface area contributed by atoms with E-state index in [1.54, 1.807) is 31.3 Å². The van der Waals surface area contributed by atoms with Crippen molar-refractivity contribution < 1.29 is 8.42 Å². The Balaban J connectivity index is 3.03. The van der Waals surface area contributed by atoms with Crippen LogP contribution in [-0.2, 0) is 10.0 Å². The second-order valence-electron chi connectivity index (χ2n) is 4.31. The summed E-state index contributed by atoms with van der Waals surface area (Å²) in [5.74, 6) is 5.59. The molecule has 1 unspecified atom stereocenters. The molecule has 0 bridgehead atoms. The zero-order chi connectivity index (χ0) is 14.5. The summed E-state index contributed by atoms with van der Waals surface area (Å²) >= 11 is 0. The van der Waals surface area contributed by atoms with Gasteiger partial charge in [0.05, 0.1) is 11.4 Å². The number of nitrogens with zero attached hydrogens (tertiary/aromatic N) is 1. The normalized spacial score (nSPS) is 12.9. The molecule has 2 N–H and O–H groups in total. The maximum Gasteiger partial charge on any atom is 0.243 e. The highest BCUT2D eigenvalue weighted by Gasteiger charge is 2.23. The van der Waals surface area contributed by atoms with Gasteiger partial charge in [0.2, 0.25) is 10.0 Å². The van der Waals surface area contributed by atoms with Crippen LogP contribution >= 0.6 is 0 Å². The Labute approximate surface area is 115 Å². The van der Waals surface area contributed by atoms with Gasteiger partial charge in [0.25, 0.3) is 0 Å². The number of hydrogen-bond acceptors (Lipinski definition) is 3. The maximum atomic E-state index is 12.3. The molecule has 104 valence electrons. The third kappa shape index (κ3) is 3.80. The molecular formula is C14H20N2O2S. The molecule has 1 rings (SSSR count). The first kappa shape index (κ1) is 15.7. The molecule has 0 fully saturated rings. The van der Waals surface area contributed by atoms with Crippen LogP contribution in [0, 0.1) is 11.8 Å². The molecule has 4 nitrogen and oxygen atoms in total. The molecule has 0 saturated carbocycles. The molecule has 19 heavy (non-hydrogen) atoms. The third-order valence-electron chi connectivity index (χ3n) is 3.08. The van der Waals surface area contributed by atoms with Crippen LogP contribution in [0.3, 0.4) is 0 Å². The van der Waals surface area contributed by atoms with Crippen LogP contribution in [0.2, 0.25) is 0 Å². The Morgan fingerprint density at radius 1 is 1.32 bits per heavy atom. The SMILES string of the molecule is CCC(C)N(C)S(=O)(=O)c1ccc(C#CCN)cc1. The fourth-order valence-electron chi connectivity index (χ4n) is 1.52. The van der Waals surface area contributed by atoms with E-state index in [9.17, 15) is 8.42 Å². The van der Waals surface area contributed by atoms with Crippen LogP contribution in [0.4, 0.5) is 0 Å². The molecule has 1 atom stereocenters. The lowest BCUT2D eigenvalue weighted by Crippen LogP contribution is -2.34. The van der Waals surface area contributed by atoms with E-state index in [0.717, 1.165) is 12.0 Å². The van der Waals surface area contributed by atoms with Crippen molar-refractivity contribution in [2.24, 2.45) is 5.73 Å². The molecule has 0 aliphatic carbocycles. The van der Waals surface area contributed by atoms with Crippen molar-refractivity contribution >= 4 is 10.0 Å². The molecule has 0 aromatic heterocycles. The number of rotatable bonds is 4. The van der Waals surface area contributed by atoms with Crippen molar-refractivity contribution in [2.45, 2.75) is 31.2 Å². The number of benzene rings is 1. The van der Waals surface area contributed by atoms with Gasteiger partial charge in [-0.25, -0.2) is 8.42 Å². The van der Waals surface area contributed by atoms with E-state index in [0.29, 0.717) is 0 Å². The fourth-order valence-corrected chi connectivity index (χ4v) is 2.96. The summed E-state index contributed by atoms with van der Waals surface area (Å²) in [4.78, 5) is 0.286. The van der Waals surface area contributed by atoms with Gasteiger partial charge in [-0.3, -0.25) is 0 Å². The van der Waals surface area contributed by atoms with Crippen LogP contribution in [-0.4, -0.2) is 32.4 Å². The first-order chi connectivity index (χ1) is 8.93. The van der Waals surface area contributed by atoms with Gasteiger partial charge in [-0.1, -0.05) is 18.8 Å². The van der Waals surface area contributed by atoms with Crippen molar-refractivity contribution in [3.63, 3.8) is 0 Å². The quantitative estimate of drug-likeness (QED) is 0.848. The lowest BCUT2D eigenvalue weighted by atomic mass is 10.2. The third-order valence-corrected chi connectivity index (χ3v) is 5.06. The monoisotopic (exact) mass is 280 g/mol. The summed E-state index contributed by atoms with van der Waals surface area (Å²) in [6.45, 7) is 4.14. The second kappa shape index (κ2) is 6.71. The molecular weight excluding hydrogens is 260 g/mol.